The molecule has 0 bridgehead atoms. The van der Waals surface area contributed by atoms with Crippen LogP contribution in [0.25, 0.3) is 0 Å². The molecule has 1 aromatic rings. The third-order valence-corrected chi connectivity index (χ3v) is 1.99. The Bertz CT molecular complexity index is 299. The molecule has 0 unspecified atom stereocenters. The van der Waals surface area contributed by atoms with Gasteiger partial charge in [-0.1, -0.05) is 11.6 Å². The van der Waals surface area contributed by atoms with E-state index in [0.717, 1.165) is 17.9 Å². The number of pyridine rings is 1. The number of rotatable bonds is 4. The second-order valence-corrected chi connectivity index (χ2v) is 3.91. The number of hydrogen-bond acceptors (Lipinski definition) is 3. The fraction of sp³-hybridized carbons (Fsp3) is 0.500. The van der Waals surface area contributed by atoms with Crippen LogP contribution < -0.4 is 10.6 Å². The number of aromatic nitrogens is 1. The van der Waals surface area contributed by atoms with Gasteiger partial charge in [-0.15, -0.1) is 0 Å². The molecule has 4 heteroatoms. The summed E-state index contributed by atoms with van der Waals surface area (Å²) in [4.78, 5) is 4.25. The maximum Gasteiger partial charge on any atom is 0.144 e. The minimum Gasteiger partial charge on any atom is -0.367 e. The molecule has 0 aliphatic carbocycles. The average Bonchev–Trinajstić information content (AvgIpc) is 2.10. The number of nitrogens with one attached hydrogen (secondary N) is 2. The first-order chi connectivity index (χ1) is 6.63. The van der Waals surface area contributed by atoms with Crippen molar-refractivity contribution in [2.45, 2.75) is 26.4 Å². The quantitative estimate of drug-likeness (QED) is 0.806. The molecule has 0 saturated heterocycles. The molecule has 0 amide bonds. The molecule has 3 nitrogen and oxygen atoms in total. The lowest BCUT2D eigenvalue weighted by molar-refractivity contribution is 0.812. The van der Waals surface area contributed by atoms with Gasteiger partial charge in [-0.2, -0.15) is 0 Å². The van der Waals surface area contributed by atoms with Crippen molar-refractivity contribution in [2.24, 2.45) is 0 Å². The van der Waals surface area contributed by atoms with Gasteiger partial charge < -0.3 is 10.6 Å². The molecule has 0 atom stereocenters. The van der Waals surface area contributed by atoms with E-state index in [-0.39, 0.29) is 0 Å². The first-order valence-corrected chi connectivity index (χ1v) is 5.07. The molecule has 0 aromatic carbocycles. The second kappa shape index (κ2) is 5.17. The van der Waals surface area contributed by atoms with Crippen molar-refractivity contribution in [3.63, 3.8) is 0 Å². The summed E-state index contributed by atoms with van der Waals surface area (Å²) < 4.78 is 0. The number of nitrogens with zero attached hydrogens (tertiary/aromatic N) is 1. The molecule has 0 aliphatic heterocycles. The molecule has 1 heterocycles. The van der Waals surface area contributed by atoms with Crippen LogP contribution in [0.5, 0.6) is 0 Å². The van der Waals surface area contributed by atoms with Crippen LogP contribution in [0.3, 0.4) is 0 Å². The summed E-state index contributed by atoms with van der Waals surface area (Å²) in [5.74, 6) is 0.751. The van der Waals surface area contributed by atoms with E-state index < -0.39 is 0 Å². The Labute approximate surface area is 89.9 Å². The highest BCUT2D eigenvalue weighted by Crippen LogP contribution is 2.20. The first-order valence-electron chi connectivity index (χ1n) is 4.69. The molecule has 0 spiro atoms. The van der Waals surface area contributed by atoms with E-state index in [1.807, 2.05) is 19.3 Å². The van der Waals surface area contributed by atoms with Gasteiger partial charge in [0, 0.05) is 18.8 Å². The van der Waals surface area contributed by atoms with Gasteiger partial charge in [0.2, 0.25) is 0 Å². The molecule has 14 heavy (non-hydrogen) atoms. The Morgan fingerprint density at radius 2 is 2.21 bits per heavy atom. The highest BCUT2D eigenvalue weighted by atomic mass is 35.5. The van der Waals surface area contributed by atoms with Crippen LogP contribution >= 0.6 is 11.6 Å². The maximum absolute atomic E-state index is 6.06. The zero-order valence-corrected chi connectivity index (χ0v) is 9.52. The Kier molecular flexibility index (Phi) is 4.17. The van der Waals surface area contributed by atoms with E-state index in [2.05, 4.69) is 29.5 Å². The Hall–Kier alpha value is -0.800. The SMILES string of the molecule is CNCc1cnc(NC(C)C)c(Cl)c1. The van der Waals surface area contributed by atoms with Gasteiger partial charge in [0.05, 0.1) is 5.02 Å². The molecule has 0 saturated carbocycles. The van der Waals surface area contributed by atoms with E-state index in [0.29, 0.717) is 11.1 Å². The zero-order valence-electron chi connectivity index (χ0n) is 8.76. The molecular formula is C10H16ClN3. The summed E-state index contributed by atoms with van der Waals surface area (Å²) in [6.07, 6.45) is 1.83. The van der Waals surface area contributed by atoms with Crippen molar-refractivity contribution in [1.82, 2.24) is 10.3 Å². The standard InChI is InChI=1S/C10H16ClN3/c1-7(2)14-10-9(11)4-8(5-12-3)6-13-10/h4,6-7,12H,5H2,1-3H3,(H,13,14). The Morgan fingerprint density at radius 1 is 1.50 bits per heavy atom. The van der Waals surface area contributed by atoms with Gasteiger partial charge in [0.25, 0.3) is 0 Å². The highest BCUT2D eigenvalue weighted by molar-refractivity contribution is 6.32. The van der Waals surface area contributed by atoms with Crippen molar-refractivity contribution >= 4 is 17.4 Å². The number of anilines is 1. The molecule has 0 radical (unpaired) electrons. The van der Waals surface area contributed by atoms with Gasteiger partial charge in [0.1, 0.15) is 5.82 Å². The molecule has 0 fully saturated rings. The van der Waals surface area contributed by atoms with Crippen molar-refractivity contribution in [2.75, 3.05) is 12.4 Å². The van der Waals surface area contributed by atoms with Crippen LogP contribution in [-0.4, -0.2) is 18.1 Å². The molecule has 1 aromatic heterocycles. The van der Waals surface area contributed by atoms with E-state index >= 15 is 0 Å². The lowest BCUT2D eigenvalue weighted by atomic mass is 10.2. The maximum atomic E-state index is 6.06. The van der Waals surface area contributed by atoms with Crippen molar-refractivity contribution in [3.05, 3.63) is 22.8 Å². The highest BCUT2D eigenvalue weighted by Gasteiger charge is 2.03. The van der Waals surface area contributed by atoms with Gasteiger partial charge >= 0.3 is 0 Å². The lowest BCUT2D eigenvalue weighted by Crippen LogP contribution is -2.12. The number of halogens is 1. The van der Waals surface area contributed by atoms with Gasteiger partial charge in [-0.05, 0) is 32.5 Å². The fourth-order valence-corrected chi connectivity index (χ4v) is 1.40. The average molecular weight is 214 g/mol. The summed E-state index contributed by atoms with van der Waals surface area (Å²) in [6.45, 7) is 4.90. The Balaban J connectivity index is 2.79. The summed E-state index contributed by atoms with van der Waals surface area (Å²) in [5, 5.41) is 6.90. The van der Waals surface area contributed by atoms with Crippen molar-refractivity contribution in [3.8, 4) is 0 Å². The zero-order chi connectivity index (χ0) is 10.6. The van der Waals surface area contributed by atoms with Gasteiger partial charge in [-0.3, -0.25) is 0 Å². The van der Waals surface area contributed by atoms with Crippen LogP contribution in [0.1, 0.15) is 19.4 Å². The summed E-state index contributed by atoms with van der Waals surface area (Å²) in [7, 11) is 1.90. The number of hydrogen-bond donors (Lipinski definition) is 2. The van der Waals surface area contributed by atoms with Crippen molar-refractivity contribution in [1.29, 1.82) is 0 Å². The summed E-state index contributed by atoms with van der Waals surface area (Å²) in [5.41, 5.74) is 1.09. The smallest absolute Gasteiger partial charge is 0.144 e. The van der Waals surface area contributed by atoms with E-state index in [9.17, 15) is 0 Å². The topological polar surface area (TPSA) is 37.0 Å². The molecule has 2 N–H and O–H groups in total. The Morgan fingerprint density at radius 3 is 2.71 bits per heavy atom. The summed E-state index contributed by atoms with van der Waals surface area (Å²) >= 11 is 6.06. The molecule has 78 valence electrons. The minimum atomic E-state index is 0.343. The van der Waals surface area contributed by atoms with E-state index in [1.54, 1.807) is 0 Å². The van der Waals surface area contributed by atoms with E-state index in [1.165, 1.54) is 0 Å². The van der Waals surface area contributed by atoms with Crippen LogP contribution in [0.4, 0.5) is 5.82 Å². The third-order valence-electron chi connectivity index (χ3n) is 1.70. The molecular weight excluding hydrogens is 198 g/mol. The molecule has 1 rings (SSSR count). The van der Waals surface area contributed by atoms with Gasteiger partial charge in [0.15, 0.2) is 0 Å². The molecule has 0 aliphatic rings. The van der Waals surface area contributed by atoms with Crippen LogP contribution in [0.2, 0.25) is 5.02 Å². The minimum absolute atomic E-state index is 0.343. The summed E-state index contributed by atoms with van der Waals surface area (Å²) in [6, 6.07) is 2.27. The monoisotopic (exact) mass is 213 g/mol. The fourth-order valence-electron chi connectivity index (χ4n) is 1.16. The van der Waals surface area contributed by atoms with Crippen molar-refractivity contribution < 1.29 is 0 Å². The third kappa shape index (κ3) is 3.16. The van der Waals surface area contributed by atoms with Gasteiger partial charge in [-0.25, -0.2) is 4.98 Å². The first kappa shape index (κ1) is 11.3. The predicted molar refractivity (Wildman–Crippen MR) is 60.8 cm³/mol. The predicted octanol–water partition coefficient (Wildman–Crippen LogP) is 2.27. The second-order valence-electron chi connectivity index (χ2n) is 3.50. The van der Waals surface area contributed by atoms with Crippen LogP contribution in [-0.2, 0) is 6.54 Å². The lowest BCUT2D eigenvalue weighted by Gasteiger charge is -2.11. The normalized spacial score (nSPS) is 10.6. The van der Waals surface area contributed by atoms with Crippen LogP contribution in [0.15, 0.2) is 12.3 Å². The largest absolute Gasteiger partial charge is 0.367 e. The van der Waals surface area contributed by atoms with E-state index in [4.69, 9.17) is 11.6 Å². The van der Waals surface area contributed by atoms with Crippen LogP contribution in [0, 0.1) is 0 Å².